The van der Waals surface area contributed by atoms with Gasteiger partial charge in [0.25, 0.3) is 0 Å². The van der Waals surface area contributed by atoms with Gasteiger partial charge in [0, 0.05) is 18.2 Å². The second-order valence-electron chi connectivity index (χ2n) is 3.46. The van der Waals surface area contributed by atoms with Gasteiger partial charge < -0.3 is 5.11 Å². The lowest BCUT2D eigenvalue weighted by molar-refractivity contribution is -0.202. The number of aliphatic hydroxyl groups is 1. The van der Waals surface area contributed by atoms with Gasteiger partial charge in [-0.3, -0.25) is 0 Å². The number of rotatable bonds is 2. The van der Waals surface area contributed by atoms with Gasteiger partial charge in [0.05, 0.1) is 11.7 Å². The summed E-state index contributed by atoms with van der Waals surface area (Å²) in [4.78, 5) is 0. The van der Waals surface area contributed by atoms with Crippen LogP contribution >= 0.6 is 0 Å². The Morgan fingerprint density at radius 1 is 1.38 bits per heavy atom. The molecule has 2 rings (SSSR count). The molecule has 16 heavy (non-hydrogen) atoms. The minimum Gasteiger partial charge on any atom is -0.383 e. The third-order valence-corrected chi connectivity index (χ3v) is 2.30. The minimum atomic E-state index is -4.59. The molecule has 1 atom stereocenters. The highest BCUT2D eigenvalue weighted by Gasteiger charge is 2.38. The van der Waals surface area contributed by atoms with E-state index in [9.17, 15) is 13.2 Å². The van der Waals surface area contributed by atoms with E-state index in [0.717, 1.165) is 0 Å². The van der Waals surface area contributed by atoms with Crippen molar-refractivity contribution in [2.24, 2.45) is 0 Å². The van der Waals surface area contributed by atoms with Gasteiger partial charge in [-0.25, -0.2) is 4.52 Å². The molecule has 6 heteroatoms. The van der Waals surface area contributed by atoms with Gasteiger partial charge in [0.2, 0.25) is 0 Å². The average Bonchev–Trinajstić information content (AvgIpc) is 2.61. The Balaban J connectivity index is 2.28. The maximum atomic E-state index is 12.2. The topological polar surface area (TPSA) is 37.5 Å². The molecule has 0 saturated heterocycles. The molecule has 3 nitrogen and oxygen atoms in total. The molecule has 0 aromatic carbocycles. The molecular weight excluding hydrogens is 221 g/mol. The number of pyridine rings is 1. The summed E-state index contributed by atoms with van der Waals surface area (Å²) in [6.45, 7) is 0. The lowest BCUT2D eigenvalue weighted by Gasteiger charge is -2.13. The van der Waals surface area contributed by atoms with Crippen LogP contribution in [0, 0.1) is 0 Å². The number of nitrogens with zero attached hydrogens (tertiary/aromatic N) is 2. The van der Waals surface area contributed by atoms with Gasteiger partial charge in [0.1, 0.15) is 0 Å². The van der Waals surface area contributed by atoms with Gasteiger partial charge in [-0.2, -0.15) is 18.3 Å². The summed E-state index contributed by atoms with van der Waals surface area (Å²) >= 11 is 0. The molecule has 0 bridgehead atoms. The molecule has 2 aromatic rings. The third kappa shape index (κ3) is 2.01. The van der Waals surface area contributed by atoms with E-state index in [1.54, 1.807) is 24.4 Å². The van der Waals surface area contributed by atoms with Crippen LogP contribution in [0.15, 0.2) is 30.6 Å². The van der Waals surface area contributed by atoms with Gasteiger partial charge in [-0.15, -0.1) is 0 Å². The van der Waals surface area contributed by atoms with E-state index in [4.69, 9.17) is 5.11 Å². The number of fused-ring (bicyclic) bond motifs is 1. The quantitative estimate of drug-likeness (QED) is 0.854. The highest BCUT2D eigenvalue weighted by atomic mass is 19.4. The number of aromatic nitrogens is 2. The molecular formula is C10H9F3N2O. The largest absolute Gasteiger partial charge is 0.414 e. The fourth-order valence-corrected chi connectivity index (χ4v) is 1.47. The molecule has 0 aliphatic rings. The van der Waals surface area contributed by atoms with Crippen LogP contribution in [0.2, 0.25) is 0 Å². The number of alkyl halides is 3. The SMILES string of the molecule is OC(Cc1cnn2ccccc12)C(F)(F)F. The zero-order chi connectivity index (χ0) is 11.8. The van der Waals surface area contributed by atoms with E-state index in [1.807, 2.05) is 0 Å². The summed E-state index contributed by atoms with van der Waals surface area (Å²) in [6, 6.07) is 5.09. The highest BCUT2D eigenvalue weighted by Crippen LogP contribution is 2.24. The first kappa shape index (κ1) is 10.9. The Bertz CT molecular complexity index is 492. The van der Waals surface area contributed by atoms with Crippen molar-refractivity contribution in [2.45, 2.75) is 18.7 Å². The fraction of sp³-hybridized carbons (Fsp3) is 0.300. The molecule has 0 spiro atoms. The summed E-state index contributed by atoms with van der Waals surface area (Å²) in [5.74, 6) is 0. The van der Waals surface area contributed by atoms with Crippen molar-refractivity contribution in [3.05, 3.63) is 36.2 Å². The molecule has 86 valence electrons. The van der Waals surface area contributed by atoms with Gasteiger partial charge >= 0.3 is 6.18 Å². The Morgan fingerprint density at radius 3 is 2.81 bits per heavy atom. The summed E-state index contributed by atoms with van der Waals surface area (Å²) in [5, 5.41) is 12.8. The Labute approximate surface area is 89.1 Å². The molecule has 0 aliphatic heterocycles. The van der Waals surface area contributed by atoms with Gasteiger partial charge in [0.15, 0.2) is 6.10 Å². The van der Waals surface area contributed by atoms with Crippen molar-refractivity contribution in [1.82, 2.24) is 9.61 Å². The number of hydrogen-bond donors (Lipinski definition) is 1. The number of aliphatic hydroxyl groups excluding tert-OH is 1. The van der Waals surface area contributed by atoms with E-state index in [0.29, 0.717) is 11.1 Å². The van der Waals surface area contributed by atoms with Crippen molar-refractivity contribution in [2.75, 3.05) is 0 Å². The lowest BCUT2D eigenvalue weighted by atomic mass is 10.1. The van der Waals surface area contributed by atoms with Crippen molar-refractivity contribution in [1.29, 1.82) is 0 Å². The molecule has 0 amide bonds. The van der Waals surface area contributed by atoms with E-state index < -0.39 is 18.7 Å². The van der Waals surface area contributed by atoms with E-state index in [2.05, 4.69) is 5.10 Å². The molecule has 0 radical (unpaired) electrons. The molecule has 2 aromatic heterocycles. The molecule has 0 saturated carbocycles. The normalized spacial score (nSPS) is 14.2. The van der Waals surface area contributed by atoms with Crippen molar-refractivity contribution in [3.8, 4) is 0 Å². The summed E-state index contributed by atoms with van der Waals surface area (Å²) in [6.07, 6.45) is -4.44. The van der Waals surface area contributed by atoms with Crippen LogP contribution in [-0.4, -0.2) is 27.0 Å². The first-order valence-corrected chi connectivity index (χ1v) is 4.64. The van der Waals surface area contributed by atoms with Crippen LogP contribution in [0.1, 0.15) is 5.56 Å². The standard InChI is InChI=1S/C10H9F3N2O/c11-10(12,13)9(16)5-7-6-14-15-4-2-1-3-8(7)15/h1-4,6,9,16H,5H2. The maximum Gasteiger partial charge on any atom is 0.414 e. The van der Waals surface area contributed by atoms with Gasteiger partial charge in [-0.05, 0) is 12.1 Å². The van der Waals surface area contributed by atoms with Crippen LogP contribution in [0.25, 0.3) is 5.52 Å². The summed E-state index contributed by atoms with van der Waals surface area (Å²) < 4.78 is 38.0. The van der Waals surface area contributed by atoms with Crippen molar-refractivity contribution in [3.63, 3.8) is 0 Å². The summed E-state index contributed by atoms with van der Waals surface area (Å²) in [5.41, 5.74) is 0.955. The highest BCUT2D eigenvalue weighted by molar-refractivity contribution is 5.53. The monoisotopic (exact) mass is 230 g/mol. The number of halogens is 3. The Morgan fingerprint density at radius 2 is 2.12 bits per heavy atom. The zero-order valence-electron chi connectivity index (χ0n) is 8.15. The molecule has 2 heterocycles. The Hall–Kier alpha value is -1.56. The average molecular weight is 230 g/mol. The Kier molecular flexibility index (Phi) is 2.59. The van der Waals surface area contributed by atoms with Crippen molar-refractivity contribution >= 4 is 5.52 Å². The first-order valence-electron chi connectivity index (χ1n) is 4.64. The molecule has 0 aliphatic carbocycles. The minimum absolute atomic E-state index is 0.380. The van der Waals surface area contributed by atoms with Crippen molar-refractivity contribution < 1.29 is 18.3 Å². The first-order chi connectivity index (χ1) is 7.48. The fourth-order valence-electron chi connectivity index (χ4n) is 1.47. The van der Waals surface area contributed by atoms with Crippen LogP contribution in [0.3, 0.4) is 0 Å². The lowest BCUT2D eigenvalue weighted by Crippen LogP contribution is -2.30. The van der Waals surface area contributed by atoms with E-state index in [1.165, 1.54) is 10.7 Å². The molecule has 1 unspecified atom stereocenters. The molecule has 1 N–H and O–H groups in total. The van der Waals surface area contributed by atoms with Crippen LogP contribution < -0.4 is 0 Å². The number of hydrogen-bond acceptors (Lipinski definition) is 2. The van der Waals surface area contributed by atoms with Crippen LogP contribution in [0.5, 0.6) is 0 Å². The smallest absolute Gasteiger partial charge is 0.383 e. The predicted molar refractivity (Wildman–Crippen MR) is 51.0 cm³/mol. The maximum absolute atomic E-state index is 12.2. The molecule has 0 fully saturated rings. The van der Waals surface area contributed by atoms with Crippen LogP contribution in [-0.2, 0) is 6.42 Å². The van der Waals surface area contributed by atoms with Gasteiger partial charge in [-0.1, -0.05) is 6.07 Å². The second kappa shape index (κ2) is 3.79. The van der Waals surface area contributed by atoms with E-state index >= 15 is 0 Å². The second-order valence-corrected chi connectivity index (χ2v) is 3.46. The third-order valence-electron chi connectivity index (χ3n) is 2.30. The predicted octanol–water partition coefficient (Wildman–Crippen LogP) is 1.80. The summed E-state index contributed by atoms with van der Waals surface area (Å²) in [7, 11) is 0. The zero-order valence-corrected chi connectivity index (χ0v) is 8.15. The van der Waals surface area contributed by atoms with Crippen LogP contribution in [0.4, 0.5) is 13.2 Å². The van der Waals surface area contributed by atoms with E-state index in [-0.39, 0.29) is 0 Å².